The van der Waals surface area contributed by atoms with Gasteiger partial charge in [0.05, 0.1) is 12.5 Å². The zero-order valence-corrected chi connectivity index (χ0v) is 12.5. The fraction of sp³-hybridized carbons (Fsp3) is 0.818. The zero-order chi connectivity index (χ0) is 15.3. The SMILES string of the molecule is CC(NS(=O)(=O)N(C)CCC(=O)O)C(=O)N1CCCC1. The summed E-state index contributed by atoms with van der Waals surface area (Å²) in [7, 11) is -2.58. The van der Waals surface area contributed by atoms with Crippen LogP contribution in [0.15, 0.2) is 0 Å². The Morgan fingerprint density at radius 1 is 1.35 bits per heavy atom. The molecule has 1 unspecified atom stereocenters. The molecular formula is C11H21N3O5S. The minimum Gasteiger partial charge on any atom is -0.481 e. The maximum atomic E-state index is 12.0. The summed E-state index contributed by atoms with van der Waals surface area (Å²) in [5.41, 5.74) is 0. The lowest BCUT2D eigenvalue weighted by atomic mass is 10.3. The van der Waals surface area contributed by atoms with E-state index in [1.807, 2.05) is 0 Å². The van der Waals surface area contributed by atoms with Crippen LogP contribution < -0.4 is 4.72 Å². The van der Waals surface area contributed by atoms with Crippen LogP contribution in [0.5, 0.6) is 0 Å². The van der Waals surface area contributed by atoms with Crippen molar-refractivity contribution in [2.75, 3.05) is 26.7 Å². The van der Waals surface area contributed by atoms with Crippen LogP contribution in [0.25, 0.3) is 0 Å². The molecule has 20 heavy (non-hydrogen) atoms. The number of carboxylic acid groups (broad SMARTS) is 1. The molecule has 0 radical (unpaired) electrons. The van der Waals surface area contributed by atoms with Crippen LogP contribution in [-0.2, 0) is 19.8 Å². The first kappa shape index (κ1) is 16.9. The maximum absolute atomic E-state index is 12.0. The molecule has 116 valence electrons. The van der Waals surface area contributed by atoms with E-state index in [0.717, 1.165) is 17.1 Å². The summed E-state index contributed by atoms with van der Waals surface area (Å²) < 4.78 is 27.0. The van der Waals surface area contributed by atoms with Crippen LogP contribution in [0, 0.1) is 0 Å². The minimum absolute atomic E-state index is 0.144. The van der Waals surface area contributed by atoms with Crippen molar-refractivity contribution in [1.82, 2.24) is 13.9 Å². The van der Waals surface area contributed by atoms with E-state index in [1.54, 1.807) is 4.90 Å². The normalized spacial score (nSPS) is 17.4. The first-order valence-corrected chi connectivity index (χ1v) is 7.92. The van der Waals surface area contributed by atoms with Gasteiger partial charge in [0.25, 0.3) is 10.2 Å². The number of carbonyl (C=O) groups is 2. The van der Waals surface area contributed by atoms with Gasteiger partial charge in [-0.2, -0.15) is 17.4 Å². The Hall–Kier alpha value is -1.19. The van der Waals surface area contributed by atoms with Crippen LogP contribution in [0.3, 0.4) is 0 Å². The third-order valence-electron chi connectivity index (χ3n) is 3.16. The molecule has 1 atom stereocenters. The third kappa shape index (κ3) is 4.73. The van der Waals surface area contributed by atoms with Gasteiger partial charge < -0.3 is 10.0 Å². The lowest BCUT2D eigenvalue weighted by Crippen LogP contribution is -2.50. The predicted octanol–water partition coefficient (Wildman–Crippen LogP) is -0.762. The lowest BCUT2D eigenvalue weighted by Gasteiger charge is -2.23. The summed E-state index contributed by atoms with van der Waals surface area (Å²) in [5, 5.41) is 8.54. The van der Waals surface area contributed by atoms with Gasteiger partial charge in [0, 0.05) is 26.7 Å². The van der Waals surface area contributed by atoms with Gasteiger partial charge in [0.1, 0.15) is 0 Å². The molecule has 1 aliphatic heterocycles. The fourth-order valence-electron chi connectivity index (χ4n) is 1.95. The van der Waals surface area contributed by atoms with Crippen LogP contribution in [0.2, 0.25) is 0 Å². The number of nitrogens with one attached hydrogen (secondary N) is 1. The van der Waals surface area contributed by atoms with E-state index in [9.17, 15) is 18.0 Å². The van der Waals surface area contributed by atoms with Gasteiger partial charge in [-0.3, -0.25) is 9.59 Å². The quantitative estimate of drug-likeness (QED) is 0.643. The molecule has 1 saturated heterocycles. The molecular weight excluding hydrogens is 286 g/mol. The van der Waals surface area contributed by atoms with Crippen LogP contribution >= 0.6 is 0 Å². The number of hydrogen-bond acceptors (Lipinski definition) is 4. The van der Waals surface area contributed by atoms with E-state index < -0.39 is 22.2 Å². The largest absolute Gasteiger partial charge is 0.481 e. The third-order valence-corrected chi connectivity index (χ3v) is 4.82. The second kappa shape index (κ2) is 7.00. The van der Waals surface area contributed by atoms with Crippen molar-refractivity contribution in [3.63, 3.8) is 0 Å². The molecule has 1 aliphatic rings. The summed E-state index contributed by atoms with van der Waals surface area (Å²) in [4.78, 5) is 24.1. The van der Waals surface area contributed by atoms with Gasteiger partial charge in [-0.15, -0.1) is 0 Å². The summed E-state index contributed by atoms with van der Waals surface area (Å²) in [5.74, 6) is -1.33. The molecule has 2 N–H and O–H groups in total. The van der Waals surface area contributed by atoms with Crippen molar-refractivity contribution in [1.29, 1.82) is 0 Å². The Morgan fingerprint density at radius 3 is 2.40 bits per heavy atom. The highest BCUT2D eigenvalue weighted by molar-refractivity contribution is 7.87. The van der Waals surface area contributed by atoms with Gasteiger partial charge in [-0.25, -0.2) is 0 Å². The molecule has 0 aliphatic carbocycles. The highest BCUT2D eigenvalue weighted by Crippen LogP contribution is 2.09. The molecule has 0 saturated carbocycles. The van der Waals surface area contributed by atoms with E-state index in [0.29, 0.717) is 13.1 Å². The number of carbonyl (C=O) groups excluding carboxylic acids is 1. The van der Waals surface area contributed by atoms with Crippen molar-refractivity contribution in [2.45, 2.75) is 32.2 Å². The van der Waals surface area contributed by atoms with Crippen molar-refractivity contribution >= 4 is 22.1 Å². The second-order valence-electron chi connectivity index (χ2n) is 4.84. The average Bonchev–Trinajstić information content (AvgIpc) is 2.87. The zero-order valence-electron chi connectivity index (χ0n) is 11.7. The standard InChI is InChI=1S/C11H21N3O5S/c1-9(11(17)14-6-3-4-7-14)12-20(18,19)13(2)8-5-10(15)16/h9,12H,3-8H2,1-2H3,(H,15,16). The Balaban J connectivity index is 2.55. The molecule has 1 heterocycles. The van der Waals surface area contributed by atoms with Crippen molar-refractivity contribution in [3.8, 4) is 0 Å². The second-order valence-corrected chi connectivity index (χ2v) is 6.65. The molecule has 1 rings (SSSR count). The number of amides is 1. The topological polar surface area (TPSA) is 107 Å². The fourth-order valence-corrected chi connectivity index (χ4v) is 3.01. The van der Waals surface area contributed by atoms with Crippen molar-refractivity contribution < 1.29 is 23.1 Å². The highest BCUT2D eigenvalue weighted by Gasteiger charge is 2.28. The van der Waals surface area contributed by atoms with E-state index in [1.165, 1.54) is 14.0 Å². The van der Waals surface area contributed by atoms with E-state index in [-0.39, 0.29) is 18.9 Å². The molecule has 0 aromatic rings. The summed E-state index contributed by atoms with van der Waals surface area (Å²) in [6.45, 7) is 2.65. The van der Waals surface area contributed by atoms with E-state index in [2.05, 4.69) is 4.72 Å². The van der Waals surface area contributed by atoms with Gasteiger partial charge in [-0.1, -0.05) is 0 Å². The molecule has 0 aromatic heterocycles. The molecule has 8 nitrogen and oxygen atoms in total. The number of hydrogen-bond donors (Lipinski definition) is 2. The van der Waals surface area contributed by atoms with Crippen molar-refractivity contribution in [3.05, 3.63) is 0 Å². The molecule has 0 bridgehead atoms. The number of nitrogens with zero attached hydrogens (tertiary/aromatic N) is 2. The lowest BCUT2D eigenvalue weighted by molar-refractivity contribution is -0.137. The summed E-state index contributed by atoms with van der Waals surface area (Å²) >= 11 is 0. The Labute approximate surface area is 118 Å². The molecule has 1 amide bonds. The molecule has 9 heteroatoms. The number of carboxylic acids is 1. The predicted molar refractivity (Wildman–Crippen MR) is 72.2 cm³/mol. The summed E-state index contributed by atoms with van der Waals surface area (Å²) in [6.07, 6.45) is 1.58. The van der Waals surface area contributed by atoms with Crippen LogP contribution in [-0.4, -0.2) is 67.3 Å². The van der Waals surface area contributed by atoms with Crippen molar-refractivity contribution in [2.24, 2.45) is 0 Å². The Morgan fingerprint density at radius 2 is 1.90 bits per heavy atom. The maximum Gasteiger partial charge on any atom is 0.304 e. The first-order valence-electron chi connectivity index (χ1n) is 6.48. The van der Waals surface area contributed by atoms with E-state index >= 15 is 0 Å². The molecule has 0 spiro atoms. The number of aliphatic carboxylic acids is 1. The molecule has 1 fully saturated rings. The van der Waals surface area contributed by atoms with Gasteiger partial charge in [0.2, 0.25) is 5.91 Å². The van der Waals surface area contributed by atoms with Crippen LogP contribution in [0.4, 0.5) is 0 Å². The number of likely N-dealkylation sites (tertiary alicyclic amines) is 1. The molecule has 0 aromatic carbocycles. The van der Waals surface area contributed by atoms with Gasteiger partial charge >= 0.3 is 5.97 Å². The van der Waals surface area contributed by atoms with Crippen LogP contribution in [0.1, 0.15) is 26.2 Å². The minimum atomic E-state index is -3.86. The van der Waals surface area contributed by atoms with Gasteiger partial charge in [-0.05, 0) is 19.8 Å². The monoisotopic (exact) mass is 307 g/mol. The Bertz CT molecular complexity index is 459. The highest BCUT2D eigenvalue weighted by atomic mass is 32.2. The van der Waals surface area contributed by atoms with Gasteiger partial charge in [0.15, 0.2) is 0 Å². The average molecular weight is 307 g/mol. The van der Waals surface area contributed by atoms with E-state index in [4.69, 9.17) is 5.11 Å². The first-order chi connectivity index (χ1) is 9.24. The Kier molecular flexibility index (Phi) is 5.90. The smallest absolute Gasteiger partial charge is 0.304 e. The summed E-state index contributed by atoms with van der Waals surface area (Å²) in [6, 6.07) is -0.856. The number of rotatable bonds is 7.